The predicted molar refractivity (Wildman–Crippen MR) is 74.4 cm³/mol. The first-order valence-electron chi connectivity index (χ1n) is 6.75. The fraction of sp³-hybridized carbons (Fsp3) is 0.562. The first-order chi connectivity index (χ1) is 8.29. The third-order valence-corrected chi connectivity index (χ3v) is 4.94. The third-order valence-electron chi connectivity index (χ3n) is 4.41. The first kappa shape index (κ1) is 11.8. The highest BCUT2D eigenvalue weighted by molar-refractivity contribution is 9.10. The summed E-state index contributed by atoms with van der Waals surface area (Å²) in [5.74, 6) is 5.35. The van der Waals surface area contributed by atoms with Crippen LogP contribution in [0.2, 0.25) is 0 Å². The van der Waals surface area contributed by atoms with Crippen molar-refractivity contribution < 1.29 is 0 Å². The highest BCUT2D eigenvalue weighted by Gasteiger charge is 2.42. The van der Waals surface area contributed by atoms with Gasteiger partial charge in [-0.3, -0.25) is 0 Å². The van der Waals surface area contributed by atoms with Gasteiger partial charge in [0.1, 0.15) is 0 Å². The Labute approximate surface area is 113 Å². The van der Waals surface area contributed by atoms with Gasteiger partial charge < -0.3 is 0 Å². The Balaban J connectivity index is 0.000000115. The van der Waals surface area contributed by atoms with Crippen LogP contribution in [0.1, 0.15) is 38.5 Å². The molecule has 0 nitrogen and oxygen atoms in total. The molecule has 4 aliphatic rings. The number of hydrogen-bond acceptors (Lipinski definition) is 0. The van der Waals surface area contributed by atoms with Crippen molar-refractivity contribution in [3.05, 3.63) is 40.7 Å². The van der Waals surface area contributed by atoms with Crippen LogP contribution in [0.4, 0.5) is 0 Å². The van der Waals surface area contributed by atoms with Gasteiger partial charge in [0.15, 0.2) is 0 Å². The highest BCUT2D eigenvalue weighted by Crippen LogP contribution is 2.54. The summed E-state index contributed by atoms with van der Waals surface area (Å²) in [6.07, 6.45) is 9.31. The van der Waals surface area contributed by atoms with E-state index in [1.54, 1.807) is 19.3 Å². The van der Waals surface area contributed by atoms with Crippen LogP contribution in [-0.2, 0) is 0 Å². The molecule has 4 saturated carbocycles. The molecule has 0 aliphatic heterocycles. The van der Waals surface area contributed by atoms with Gasteiger partial charge in [-0.05, 0) is 80.4 Å². The topological polar surface area (TPSA) is 0 Å². The summed E-state index contributed by atoms with van der Waals surface area (Å²) in [6.45, 7) is 0. The van der Waals surface area contributed by atoms with E-state index < -0.39 is 0 Å². The number of benzene rings is 1. The zero-order chi connectivity index (χ0) is 11.7. The van der Waals surface area contributed by atoms with Crippen molar-refractivity contribution in [3.63, 3.8) is 0 Å². The molecule has 4 fully saturated rings. The maximum Gasteiger partial charge on any atom is 0.0175 e. The summed E-state index contributed by atoms with van der Waals surface area (Å²) in [4.78, 5) is 0. The van der Waals surface area contributed by atoms with Gasteiger partial charge in [-0.15, -0.1) is 0 Å². The van der Waals surface area contributed by atoms with Crippen LogP contribution >= 0.6 is 15.9 Å². The molecule has 5 rings (SSSR count). The van der Waals surface area contributed by atoms with Gasteiger partial charge in [0.05, 0.1) is 0 Å². The van der Waals surface area contributed by atoms with E-state index in [2.05, 4.69) is 22.0 Å². The lowest BCUT2D eigenvalue weighted by Gasteiger charge is -2.49. The van der Waals surface area contributed by atoms with Gasteiger partial charge in [0.25, 0.3) is 0 Å². The highest BCUT2D eigenvalue weighted by atomic mass is 79.9. The maximum atomic E-state index is 3.29. The molecule has 0 unspecified atom stereocenters. The van der Waals surface area contributed by atoms with E-state index in [-0.39, 0.29) is 0 Å². The van der Waals surface area contributed by atoms with Crippen LogP contribution in [0.3, 0.4) is 0 Å². The SMILES string of the molecule is Brc1cc[c]cc1.C1[C]2CC3CC1CC(C2)C3. The molecule has 1 aromatic carbocycles. The zero-order valence-corrected chi connectivity index (χ0v) is 11.7. The quantitative estimate of drug-likeness (QED) is 0.628. The van der Waals surface area contributed by atoms with Gasteiger partial charge in [-0.1, -0.05) is 28.1 Å². The molecule has 0 amide bonds. The van der Waals surface area contributed by atoms with E-state index in [1.165, 1.54) is 19.3 Å². The summed E-state index contributed by atoms with van der Waals surface area (Å²) in [5, 5.41) is 0. The summed E-state index contributed by atoms with van der Waals surface area (Å²) >= 11 is 3.29. The van der Waals surface area contributed by atoms with E-state index in [9.17, 15) is 0 Å². The van der Waals surface area contributed by atoms with Crippen LogP contribution < -0.4 is 0 Å². The Morgan fingerprint density at radius 3 is 1.65 bits per heavy atom. The van der Waals surface area contributed by atoms with Gasteiger partial charge >= 0.3 is 0 Å². The van der Waals surface area contributed by atoms with E-state index in [0.29, 0.717) is 0 Å². The van der Waals surface area contributed by atoms with Crippen LogP contribution in [0.15, 0.2) is 28.7 Å². The van der Waals surface area contributed by atoms with E-state index in [4.69, 9.17) is 0 Å². The predicted octanol–water partition coefficient (Wildman–Crippen LogP) is 5.04. The number of hydrogen-bond donors (Lipinski definition) is 0. The zero-order valence-electron chi connectivity index (χ0n) is 10.2. The second kappa shape index (κ2) is 5.14. The monoisotopic (exact) mass is 290 g/mol. The molecule has 0 N–H and O–H groups in total. The van der Waals surface area contributed by atoms with Gasteiger partial charge in [-0.25, -0.2) is 0 Å². The van der Waals surface area contributed by atoms with E-state index >= 15 is 0 Å². The first-order valence-corrected chi connectivity index (χ1v) is 7.54. The maximum absolute atomic E-state index is 3.29. The lowest BCUT2D eigenvalue weighted by molar-refractivity contribution is 0.0920. The van der Waals surface area contributed by atoms with Gasteiger partial charge in [0, 0.05) is 4.47 Å². The largest absolute Gasteiger partial charge is 0.0533 e. The Morgan fingerprint density at radius 2 is 1.35 bits per heavy atom. The molecule has 1 aromatic rings. The van der Waals surface area contributed by atoms with E-state index in [1.807, 2.05) is 30.2 Å². The van der Waals surface area contributed by atoms with Crippen molar-refractivity contribution >= 4 is 15.9 Å². The summed E-state index contributed by atoms with van der Waals surface area (Å²) in [7, 11) is 0. The number of rotatable bonds is 0. The minimum atomic E-state index is 1.10. The molecule has 17 heavy (non-hydrogen) atoms. The molecule has 1 heteroatoms. The Hall–Kier alpha value is -0.300. The lowest BCUT2D eigenvalue weighted by Crippen LogP contribution is -2.37. The lowest BCUT2D eigenvalue weighted by atomic mass is 9.56. The van der Waals surface area contributed by atoms with Crippen LogP contribution in [-0.4, -0.2) is 0 Å². The minimum absolute atomic E-state index is 1.10. The van der Waals surface area contributed by atoms with Gasteiger partial charge in [0.2, 0.25) is 0 Å². The molecule has 90 valence electrons. The Bertz CT molecular complexity index is 301. The molecule has 0 aromatic heterocycles. The Morgan fingerprint density at radius 1 is 0.882 bits per heavy atom. The third kappa shape index (κ3) is 2.93. The molecular weight excluding hydrogens is 272 g/mol. The van der Waals surface area contributed by atoms with Crippen molar-refractivity contribution in [1.82, 2.24) is 0 Å². The van der Waals surface area contributed by atoms with Crippen molar-refractivity contribution in [3.8, 4) is 0 Å². The summed E-state index contributed by atoms with van der Waals surface area (Å²) in [5.41, 5.74) is 0. The van der Waals surface area contributed by atoms with Crippen LogP contribution in [0, 0.1) is 29.7 Å². The second-order valence-corrected chi connectivity index (χ2v) is 6.80. The second-order valence-electron chi connectivity index (χ2n) is 5.89. The smallest absolute Gasteiger partial charge is 0.0175 e. The molecule has 2 radical (unpaired) electrons. The molecule has 4 bridgehead atoms. The minimum Gasteiger partial charge on any atom is -0.0533 e. The van der Waals surface area contributed by atoms with E-state index in [0.717, 1.165) is 22.2 Å². The summed E-state index contributed by atoms with van der Waals surface area (Å²) < 4.78 is 1.10. The van der Waals surface area contributed by atoms with Crippen LogP contribution in [0.25, 0.3) is 0 Å². The van der Waals surface area contributed by atoms with Gasteiger partial charge in [-0.2, -0.15) is 0 Å². The standard InChI is InChI=1S/C10H15.C6H4Br/c1-7-2-9-4-8(1)5-10(3-7)6-9;7-6-4-2-1-3-5-6/h7-9H,1-6H2;2-5H. The average molecular weight is 291 g/mol. The fourth-order valence-electron chi connectivity index (χ4n) is 4.04. The fourth-order valence-corrected chi connectivity index (χ4v) is 4.31. The Kier molecular flexibility index (Phi) is 3.56. The van der Waals surface area contributed by atoms with Crippen molar-refractivity contribution in [2.24, 2.45) is 17.8 Å². The average Bonchev–Trinajstić information content (AvgIpc) is 2.28. The number of halogens is 1. The molecule has 0 saturated heterocycles. The molecule has 0 atom stereocenters. The summed E-state index contributed by atoms with van der Waals surface area (Å²) in [6, 6.07) is 10.5. The normalized spacial score (nSPS) is 34.3. The van der Waals surface area contributed by atoms with Crippen LogP contribution in [0.5, 0.6) is 0 Å². The molecule has 0 spiro atoms. The molecule has 4 aliphatic carbocycles. The van der Waals surface area contributed by atoms with Crippen molar-refractivity contribution in [2.45, 2.75) is 38.5 Å². The molecular formula is C16H19Br. The molecule has 0 heterocycles. The van der Waals surface area contributed by atoms with Crippen molar-refractivity contribution in [2.75, 3.05) is 0 Å². The van der Waals surface area contributed by atoms with Crippen molar-refractivity contribution in [1.29, 1.82) is 0 Å².